The lowest BCUT2D eigenvalue weighted by Gasteiger charge is -2.05. The van der Waals surface area contributed by atoms with Crippen molar-refractivity contribution in [2.75, 3.05) is 11.5 Å². The van der Waals surface area contributed by atoms with Gasteiger partial charge in [-0.3, -0.25) is 5.10 Å². The van der Waals surface area contributed by atoms with Crippen LogP contribution in [-0.2, 0) is 0 Å². The summed E-state index contributed by atoms with van der Waals surface area (Å²) in [5.74, 6) is 8.06. The van der Waals surface area contributed by atoms with Gasteiger partial charge in [0.15, 0.2) is 5.82 Å². The molecule has 22 heavy (non-hydrogen) atoms. The number of benzene rings is 1. The molecule has 0 aliphatic heterocycles. The molecule has 108 valence electrons. The van der Waals surface area contributed by atoms with E-state index in [1.807, 2.05) is 24.3 Å². The van der Waals surface area contributed by atoms with Gasteiger partial charge in [0, 0.05) is 17.5 Å². The first-order valence-corrected chi connectivity index (χ1v) is 7.22. The van der Waals surface area contributed by atoms with Gasteiger partial charge in [-0.2, -0.15) is 5.10 Å². The molecule has 0 atom stereocenters. The van der Waals surface area contributed by atoms with Crippen molar-refractivity contribution in [2.45, 2.75) is 12.8 Å². The van der Waals surface area contributed by atoms with Crippen LogP contribution in [0.3, 0.4) is 0 Å². The Morgan fingerprint density at radius 3 is 2.77 bits per heavy atom. The molecule has 1 fully saturated rings. The van der Waals surface area contributed by atoms with Crippen LogP contribution in [0.1, 0.15) is 18.4 Å². The normalized spacial score (nSPS) is 13.8. The van der Waals surface area contributed by atoms with Gasteiger partial charge in [0.2, 0.25) is 0 Å². The summed E-state index contributed by atoms with van der Waals surface area (Å²) in [6, 6.07) is 7.82. The number of nitrogens with one attached hydrogen (secondary N) is 1. The van der Waals surface area contributed by atoms with Crippen molar-refractivity contribution in [3.8, 4) is 23.0 Å². The molecule has 0 spiro atoms. The standard InChI is InChI=1S/C17H15N5/c18-15-9-11(5-6-20-15)13-7-12(4-3-10-1-2-10)16-14(8-13)17(19)22-21-16/h5-10H,1-2H2,(H2,18,20)(H3,19,21,22). The molecule has 0 bridgehead atoms. The van der Waals surface area contributed by atoms with E-state index in [1.54, 1.807) is 6.20 Å². The maximum Gasteiger partial charge on any atom is 0.153 e. The Labute approximate surface area is 127 Å². The van der Waals surface area contributed by atoms with Gasteiger partial charge in [0.1, 0.15) is 5.82 Å². The topological polar surface area (TPSA) is 93.6 Å². The van der Waals surface area contributed by atoms with Gasteiger partial charge in [-0.25, -0.2) is 4.98 Å². The number of rotatable bonds is 1. The highest BCUT2D eigenvalue weighted by molar-refractivity contribution is 5.96. The van der Waals surface area contributed by atoms with Crippen LogP contribution in [-0.4, -0.2) is 15.2 Å². The largest absolute Gasteiger partial charge is 0.384 e. The van der Waals surface area contributed by atoms with E-state index in [0.29, 0.717) is 17.6 Å². The number of hydrogen-bond acceptors (Lipinski definition) is 4. The SMILES string of the molecule is Nc1cc(-c2cc(C#CC3CC3)c3[nH]nc(N)c3c2)ccn1. The third-order valence-corrected chi connectivity index (χ3v) is 3.81. The molecule has 1 aromatic carbocycles. The fraction of sp³-hybridized carbons (Fsp3) is 0.176. The summed E-state index contributed by atoms with van der Waals surface area (Å²) in [6.45, 7) is 0. The summed E-state index contributed by atoms with van der Waals surface area (Å²) in [7, 11) is 0. The Kier molecular flexibility index (Phi) is 2.76. The Morgan fingerprint density at radius 2 is 2.00 bits per heavy atom. The number of aromatic amines is 1. The third kappa shape index (κ3) is 2.25. The van der Waals surface area contributed by atoms with Gasteiger partial charge < -0.3 is 11.5 Å². The second kappa shape index (κ2) is 4.78. The molecule has 0 saturated heterocycles. The summed E-state index contributed by atoms with van der Waals surface area (Å²) in [4.78, 5) is 4.03. The Balaban J connectivity index is 1.92. The number of nitrogens with two attached hydrogens (primary N) is 2. The van der Waals surface area contributed by atoms with Crippen molar-refractivity contribution in [3.63, 3.8) is 0 Å². The van der Waals surface area contributed by atoms with Crippen LogP contribution in [0.5, 0.6) is 0 Å². The smallest absolute Gasteiger partial charge is 0.153 e. The minimum absolute atomic E-state index is 0.480. The molecule has 5 N–H and O–H groups in total. The van der Waals surface area contributed by atoms with E-state index in [-0.39, 0.29) is 0 Å². The van der Waals surface area contributed by atoms with Crippen molar-refractivity contribution in [1.82, 2.24) is 15.2 Å². The molecular formula is C17H15N5. The van der Waals surface area contributed by atoms with Crippen molar-refractivity contribution in [1.29, 1.82) is 0 Å². The third-order valence-electron chi connectivity index (χ3n) is 3.81. The second-order valence-corrected chi connectivity index (χ2v) is 5.57. The highest BCUT2D eigenvalue weighted by Gasteiger charge is 2.18. The van der Waals surface area contributed by atoms with Gasteiger partial charge in [0.05, 0.1) is 11.1 Å². The predicted molar refractivity (Wildman–Crippen MR) is 87.8 cm³/mol. The number of aromatic nitrogens is 3. The number of nitrogens with zero attached hydrogens (tertiary/aromatic N) is 2. The van der Waals surface area contributed by atoms with E-state index < -0.39 is 0 Å². The van der Waals surface area contributed by atoms with Gasteiger partial charge in [-0.15, -0.1) is 0 Å². The number of fused-ring (bicyclic) bond motifs is 1. The molecule has 4 rings (SSSR count). The van der Waals surface area contributed by atoms with E-state index in [1.165, 1.54) is 12.8 Å². The zero-order valence-electron chi connectivity index (χ0n) is 11.9. The van der Waals surface area contributed by atoms with Crippen molar-refractivity contribution >= 4 is 22.5 Å². The zero-order valence-corrected chi connectivity index (χ0v) is 11.9. The summed E-state index contributed by atoms with van der Waals surface area (Å²) in [6.07, 6.45) is 4.09. The Bertz CT molecular complexity index is 925. The highest BCUT2D eigenvalue weighted by atomic mass is 15.1. The average Bonchev–Trinajstić information content (AvgIpc) is 3.28. The first-order chi connectivity index (χ1) is 10.7. The van der Waals surface area contributed by atoms with Crippen LogP contribution in [0.25, 0.3) is 22.0 Å². The predicted octanol–water partition coefficient (Wildman–Crippen LogP) is 2.55. The quantitative estimate of drug-likeness (QED) is 0.600. The minimum atomic E-state index is 0.480. The lowest BCUT2D eigenvalue weighted by molar-refractivity contribution is 1.12. The maximum atomic E-state index is 5.96. The molecule has 2 heterocycles. The van der Waals surface area contributed by atoms with E-state index in [4.69, 9.17) is 11.5 Å². The van der Waals surface area contributed by atoms with Crippen LogP contribution >= 0.6 is 0 Å². The average molecular weight is 289 g/mol. The monoisotopic (exact) mass is 289 g/mol. The molecule has 1 aliphatic rings. The summed E-state index contributed by atoms with van der Waals surface area (Å²) in [5, 5.41) is 7.96. The van der Waals surface area contributed by atoms with E-state index in [2.05, 4.69) is 27.0 Å². The van der Waals surface area contributed by atoms with Crippen molar-refractivity contribution < 1.29 is 0 Å². The van der Waals surface area contributed by atoms with Crippen molar-refractivity contribution in [2.24, 2.45) is 5.92 Å². The second-order valence-electron chi connectivity index (χ2n) is 5.57. The Morgan fingerprint density at radius 1 is 1.14 bits per heavy atom. The lowest BCUT2D eigenvalue weighted by atomic mass is 10.0. The van der Waals surface area contributed by atoms with Gasteiger partial charge in [-0.1, -0.05) is 11.8 Å². The summed E-state index contributed by atoms with van der Waals surface area (Å²) < 4.78 is 0. The van der Waals surface area contributed by atoms with Crippen LogP contribution in [0.2, 0.25) is 0 Å². The van der Waals surface area contributed by atoms with Crippen LogP contribution in [0.4, 0.5) is 11.6 Å². The van der Waals surface area contributed by atoms with Gasteiger partial charge in [-0.05, 0) is 48.2 Å². The number of nitrogen functional groups attached to an aromatic ring is 2. The fourth-order valence-electron chi connectivity index (χ4n) is 2.44. The van der Waals surface area contributed by atoms with Gasteiger partial charge in [0.25, 0.3) is 0 Å². The molecule has 1 aliphatic carbocycles. The summed E-state index contributed by atoms with van der Waals surface area (Å²) in [5.41, 5.74) is 15.5. The number of pyridine rings is 1. The van der Waals surface area contributed by atoms with Gasteiger partial charge >= 0.3 is 0 Å². The molecule has 0 amide bonds. The minimum Gasteiger partial charge on any atom is -0.384 e. The molecule has 5 nitrogen and oxygen atoms in total. The number of H-pyrrole nitrogens is 1. The van der Waals surface area contributed by atoms with E-state index in [9.17, 15) is 0 Å². The van der Waals surface area contributed by atoms with Crippen LogP contribution in [0, 0.1) is 17.8 Å². The molecular weight excluding hydrogens is 274 g/mol. The molecule has 3 aromatic rings. The van der Waals surface area contributed by atoms with Crippen LogP contribution < -0.4 is 11.5 Å². The van der Waals surface area contributed by atoms with E-state index in [0.717, 1.165) is 27.6 Å². The van der Waals surface area contributed by atoms with Crippen LogP contribution in [0.15, 0.2) is 30.5 Å². The van der Waals surface area contributed by atoms with Crippen molar-refractivity contribution in [3.05, 3.63) is 36.0 Å². The first kappa shape index (κ1) is 12.7. The van der Waals surface area contributed by atoms with E-state index >= 15 is 0 Å². The zero-order chi connectivity index (χ0) is 15.1. The molecule has 2 aromatic heterocycles. The lowest BCUT2D eigenvalue weighted by Crippen LogP contribution is -1.91. The maximum absolute atomic E-state index is 5.96. The number of hydrogen-bond donors (Lipinski definition) is 3. The number of anilines is 2. The molecule has 0 radical (unpaired) electrons. The first-order valence-electron chi connectivity index (χ1n) is 7.22. The molecule has 5 heteroatoms. The fourth-order valence-corrected chi connectivity index (χ4v) is 2.44. The summed E-state index contributed by atoms with van der Waals surface area (Å²) >= 11 is 0. The molecule has 1 saturated carbocycles. The Hall–Kier alpha value is -3.00. The molecule has 0 unspecified atom stereocenters. The highest BCUT2D eigenvalue weighted by Crippen LogP contribution is 2.31.